The lowest BCUT2D eigenvalue weighted by molar-refractivity contribution is -0.128. The molecule has 3 aromatic rings. The second-order valence-electron chi connectivity index (χ2n) is 5.48. The van der Waals surface area contributed by atoms with Crippen LogP contribution in [0, 0.1) is 6.92 Å². The zero-order valence-corrected chi connectivity index (χ0v) is 15.8. The van der Waals surface area contributed by atoms with E-state index in [4.69, 9.17) is 0 Å². The zero-order chi connectivity index (χ0) is 17.6. The first-order valence-electron chi connectivity index (χ1n) is 7.95. The molecule has 0 aliphatic rings. The number of rotatable bonds is 7. The highest BCUT2D eigenvalue weighted by Crippen LogP contribution is 2.20. The molecule has 6 nitrogen and oxygen atoms in total. The topological polar surface area (TPSA) is 63.9 Å². The summed E-state index contributed by atoms with van der Waals surface area (Å²) in [6.45, 7) is 5.35. The summed E-state index contributed by atoms with van der Waals surface area (Å²) >= 11 is 3.02. The van der Waals surface area contributed by atoms with E-state index in [2.05, 4.69) is 15.5 Å². The number of hydrogen-bond acceptors (Lipinski definition) is 6. The number of aromatic nitrogens is 4. The van der Waals surface area contributed by atoms with Gasteiger partial charge in [0.1, 0.15) is 0 Å². The van der Waals surface area contributed by atoms with E-state index >= 15 is 0 Å². The van der Waals surface area contributed by atoms with E-state index in [9.17, 15) is 4.79 Å². The average molecular weight is 374 g/mol. The van der Waals surface area contributed by atoms with E-state index in [1.165, 1.54) is 22.2 Å². The van der Waals surface area contributed by atoms with Crippen LogP contribution in [0.3, 0.4) is 0 Å². The van der Waals surface area contributed by atoms with Crippen LogP contribution >= 0.6 is 23.1 Å². The van der Waals surface area contributed by atoms with Gasteiger partial charge in [0.05, 0.1) is 18.0 Å². The maximum Gasteiger partial charge on any atom is 0.233 e. The van der Waals surface area contributed by atoms with Crippen molar-refractivity contribution in [2.75, 3.05) is 12.3 Å². The molecule has 2 heterocycles. The molecular weight excluding hydrogens is 354 g/mol. The molecule has 0 N–H and O–H groups in total. The Morgan fingerprint density at radius 1 is 1.28 bits per heavy atom. The number of carbonyl (C=O) groups excluding carboxylic acids is 1. The lowest BCUT2D eigenvalue weighted by atomic mass is 10.2. The molecule has 0 spiro atoms. The van der Waals surface area contributed by atoms with E-state index in [0.717, 1.165) is 5.69 Å². The Morgan fingerprint density at radius 3 is 2.76 bits per heavy atom. The summed E-state index contributed by atoms with van der Waals surface area (Å²) in [5.74, 6) is 0.394. The molecule has 2 aromatic heterocycles. The van der Waals surface area contributed by atoms with Crippen LogP contribution in [-0.4, -0.2) is 43.3 Å². The number of tetrazole rings is 1. The summed E-state index contributed by atoms with van der Waals surface area (Å²) in [7, 11) is 0. The van der Waals surface area contributed by atoms with Crippen LogP contribution in [-0.2, 0) is 11.3 Å². The molecule has 0 aliphatic carbocycles. The summed E-state index contributed by atoms with van der Waals surface area (Å²) in [6, 6.07) is 12.0. The van der Waals surface area contributed by atoms with Crippen LogP contribution in [0.4, 0.5) is 0 Å². The molecule has 0 unspecified atom stereocenters. The van der Waals surface area contributed by atoms with Gasteiger partial charge in [-0.3, -0.25) is 4.79 Å². The van der Waals surface area contributed by atoms with Crippen LogP contribution in [0.15, 0.2) is 46.9 Å². The number of carbonyl (C=O) groups is 1. The summed E-state index contributed by atoms with van der Waals surface area (Å²) in [6.07, 6.45) is 0. The van der Waals surface area contributed by atoms with Gasteiger partial charge in [-0.25, -0.2) is 0 Å². The van der Waals surface area contributed by atoms with Crippen molar-refractivity contribution >= 4 is 29.0 Å². The Balaban J connectivity index is 1.64. The van der Waals surface area contributed by atoms with Gasteiger partial charge in [0, 0.05) is 11.4 Å². The molecule has 0 saturated heterocycles. The highest BCUT2D eigenvalue weighted by molar-refractivity contribution is 7.99. The molecule has 0 radical (unpaired) electrons. The molecule has 0 saturated carbocycles. The fourth-order valence-electron chi connectivity index (χ4n) is 2.30. The lowest BCUT2D eigenvalue weighted by Gasteiger charge is -2.19. The number of amides is 1. The number of thiophene rings is 1. The number of hydrogen-bond donors (Lipinski definition) is 0. The first kappa shape index (κ1) is 17.6. The maximum absolute atomic E-state index is 12.5. The number of aryl methyl sites for hydroxylation is 1. The molecule has 0 aliphatic heterocycles. The van der Waals surface area contributed by atoms with Crippen molar-refractivity contribution in [2.24, 2.45) is 0 Å². The number of nitrogens with zero attached hydrogens (tertiary/aromatic N) is 5. The quantitative estimate of drug-likeness (QED) is 0.595. The molecule has 3 rings (SSSR count). The van der Waals surface area contributed by atoms with Gasteiger partial charge in [0.25, 0.3) is 0 Å². The van der Waals surface area contributed by atoms with E-state index in [-0.39, 0.29) is 5.91 Å². The van der Waals surface area contributed by atoms with Gasteiger partial charge in [0.15, 0.2) is 0 Å². The number of benzene rings is 1. The molecule has 0 bridgehead atoms. The molecule has 1 amide bonds. The van der Waals surface area contributed by atoms with Gasteiger partial charge in [-0.15, -0.1) is 16.4 Å². The maximum atomic E-state index is 12.5. The Kier molecular flexibility index (Phi) is 5.83. The summed E-state index contributed by atoms with van der Waals surface area (Å²) < 4.78 is 1.66. The fraction of sp³-hybridized carbons (Fsp3) is 0.294. The van der Waals surface area contributed by atoms with Gasteiger partial charge in [-0.1, -0.05) is 35.5 Å². The predicted octanol–water partition coefficient (Wildman–Crippen LogP) is 3.17. The highest BCUT2D eigenvalue weighted by Gasteiger charge is 2.16. The Labute approximate surface area is 154 Å². The van der Waals surface area contributed by atoms with Gasteiger partial charge < -0.3 is 4.90 Å². The number of thioether (sulfide) groups is 1. The van der Waals surface area contributed by atoms with Gasteiger partial charge in [-0.05, 0) is 47.9 Å². The Morgan fingerprint density at radius 2 is 2.08 bits per heavy atom. The molecular formula is C17H19N5OS2. The van der Waals surface area contributed by atoms with Crippen LogP contribution in [0.2, 0.25) is 0 Å². The van der Waals surface area contributed by atoms with E-state index < -0.39 is 0 Å². The van der Waals surface area contributed by atoms with Crippen LogP contribution in [0.5, 0.6) is 0 Å². The average Bonchev–Trinajstić information content (AvgIpc) is 3.30. The van der Waals surface area contributed by atoms with Crippen LogP contribution in [0.25, 0.3) is 5.69 Å². The van der Waals surface area contributed by atoms with Gasteiger partial charge in [-0.2, -0.15) is 4.68 Å². The first-order chi connectivity index (χ1) is 12.2. The second-order valence-corrected chi connectivity index (χ2v) is 7.46. The Hall–Kier alpha value is -2.19. The summed E-state index contributed by atoms with van der Waals surface area (Å²) in [5.41, 5.74) is 2.06. The normalized spacial score (nSPS) is 10.8. The van der Waals surface area contributed by atoms with E-state index in [0.29, 0.717) is 24.0 Å². The largest absolute Gasteiger partial charge is 0.337 e. The SMILES string of the molecule is CCN(Cc1cccs1)C(=O)CSc1nnnn1-c1ccc(C)cc1. The molecule has 130 valence electrons. The van der Waals surface area contributed by atoms with Crippen molar-refractivity contribution in [1.29, 1.82) is 0 Å². The van der Waals surface area contributed by atoms with Crippen molar-refractivity contribution in [3.63, 3.8) is 0 Å². The van der Waals surface area contributed by atoms with E-state index in [1.807, 2.05) is 60.5 Å². The molecule has 25 heavy (non-hydrogen) atoms. The monoisotopic (exact) mass is 373 g/mol. The minimum atomic E-state index is 0.0827. The van der Waals surface area contributed by atoms with Gasteiger partial charge >= 0.3 is 0 Å². The second kappa shape index (κ2) is 8.26. The van der Waals surface area contributed by atoms with Crippen molar-refractivity contribution in [2.45, 2.75) is 25.5 Å². The first-order valence-corrected chi connectivity index (χ1v) is 9.82. The van der Waals surface area contributed by atoms with Crippen molar-refractivity contribution in [3.8, 4) is 5.69 Å². The van der Waals surface area contributed by atoms with E-state index in [1.54, 1.807) is 16.0 Å². The third-order valence-electron chi connectivity index (χ3n) is 3.71. The van der Waals surface area contributed by atoms with Gasteiger partial charge in [0.2, 0.25) is 11.1 Å². The summed E-state index contributed by atoms with van der Waals surface area (Å²) in [4.78, 5) is 15.6. The molecule has 0 atom stereocenters. The standard InChI is InChI=1S/C17H19N5OS2/c1-3-21(11-15-5-4-10-24-15)16(23)12-25-17-18-19-20-22(17)14-8-6-13(2)7-9-14/h4-10H,3,11-12H2,1-2H3. The van der Waals surface area contributed by atoms with Crippen LogP contribution < -0.4 is 0 Å². The van der Waals surface area contributed by atoms with Crippen LogP contribution in [0.1, 0.15) is 17.4 Å². The molecule has 1 aromatic carbocycles. The van der Waals surface area contributed by atoms with Crippen molar-refractivity contribution < 1.29 is 4.79 Å². The summed E-state index contributed by atoms with van der Waals surface area (Å²) in [5, 5.41) is 14.5. The minimum Gasteiger partial charge on any atom is -0.337 e. The Bertz CT molecular complexity index is 814. The zero-order valence-electron chi connectivity index (χ0n) is 14.1. The van der Waals surface area contributed by atoms with Crippen molar-refractivity contribution in [1.82, 2.24) is 25.1 Å². The lowest BCUT2D eigenvalue weighted by Crippen LogP contribution is -2.31. The third-order valence-corrected chi connectivity index (χ3v) is 5.47. The molecule has 0 fully saturated rings. The predicted molar refractivity (Wildman–Crippen MR) is 100 cm³/mol. The van der Waals surface area contributed by atoms with Crippen molar-refractivity contribution in [3.05, 3.63) is 52.2 Å². The minimum absolute atomic E-state index is 0.0827. The highest BCUT2D eigenvalue weighted by atomic mass is 32.2. The third kappa shape index (κ3) is 4.46. The fourth-order valence-corrected chi connectivity index (χ4v) is 3.81. The molecule has 8 heteroatoms. The smallest absolute Gasteiger partial charge is 0.233 e.